The monoisotopic (exact) mass is 363 g/mol. The molecular weight excluding hydrogens is 347 g/mol. The fourth-order valence-corrected chi connectivity index (χ4v) is 3.40. The zero-order valence-corrected chi connectivity index (χ0v) is 13.9. The lowest BCUT2D eigenvalue weighted by molar-refractivity contribution is 0.459. The van der Waals surface area contributed by atoms with Gasteiger partial charge in [-0.3, -0.25) is 0 Å². The first kappa shape index (κ1) is 18.0. The van der Waals surface area contributed by atoms with E-state index in [-0.39, 0.29) is 18.0 Å². The van der Waals surface area contributed by atoms with E-state index in [1.165, 1.54) is 0 Å². The Hall–Kier alpha value is -1.31. The highest BCUT2D eigenvalue weighted by Crippen LogP contribution is 2.35. The normalized spacial score (nSPS) is 16.3. The van der Waals surface area contributed by atoms with E-state index in [0.717, 1.165) is 36.4 Å². The molecule has 3 rings (SSSR count). The topological polar surface area (TPSA) is 46.7 Å². The molecule has 126 valence electrons. The predicted molar refractivity (Wildman–Crippen MR) is 87.0 cm³/mol. The Morgan fingerprint density at radius 3 is 2.65 bits per heavy atom. The lowest BCUT2D eigenvalue weighted by Gasteiger charge is -2.12. The number of imidazole rings is 1. The van der Waals surface area contributed by atoms with Gasteiger partial charge in [0, 0.05) is 29.4 Å². The fourth-order valence-electron chi connectivity index (χ4n) is 3.09. The van der Waals surface area contributed by atoms with E-state index in [2.05, 4.69) is 4.98 Å². The maximum absolute atomic E-state index is 14.0. The molecule has 0 amide bonds. The number of fused-ring (bicyclic) bond motifs is 1. The summed E-state index contributed by atoms with van der Waals surface area (Å²) in [6.07, 6.45) is 1.98. The Labute approximate surface area is 143 Å². The average molecular weight is 364 g/mol. The molecule has 2 heterocycles. The number of aromatic amines is 1. The van der Waals surface area contributed by atoms with Crippen molar-refractivity contribution >= 4 is 24.6 Å². The van der Waals surface area contributed by atoms with Crippen LogP contribution >= 0.6 is 24.6 Å². The van der Waals surface area contributed by atoms with E-state index >= 15 is 0 Å². The minimum atomic E-state index is -1.10. The molecule has 3 nitrogen and oxygen atoms in total. The van der Waals surface area contributed by atoms with Crippen LogP contribution < -0.4 is 5.73 Å². The van der Waals surface area contributed by atoms with Gasteiger partial charge in [-0.15, -0.1) is 12.4 Å². The summed E-state index contributed by atoms with van der Waals surface area (Å²) in [6.45, 7) is 0.909. The quantitative estimate of drug-likeness (QED) is 0.644. The molecule has 1 aromatic carbocycles. The third kappa shape index (κ3) is 3.18. The van der Waals surface area contributed by atoms with Crippen LogP contribution in [0.4, 0.5) is 13.2 Å². The first-order chi connectivity index (χ1) is 10.5. The molecule has 0 fully saturated rings. The van der Waals surface area contributed by atoms with Crippen molar-refractivity contribution in [1.29, 1.82) is 0 Å². The minimum Gasteiger partial charge on any atom is -0.334 e. The van der Waals surface area contributed by atoms with Gasteiger partial charge in [-0.1, -0.05) is 0 Å². The number of rotatable bonds is 4. The number of hydrogen-bond donors (Lipinski definition) is 2. The zero-order valence-electron chi connectivity index (χ0n) is 12.2. The van der Waals surface area contributed by atoms with Gasteiger partial charge < -0.3 is 15.3 Å². The van der Waals surface area contributed by atoms with Crippen LogP contribution in [-0.2, 0) is 19.4 Å². The number of nitrogens with two attached hydrogens (primary N) is 1. The van der Waals surface area contributed by atoms with Crippen molar-refractivity contribution in [2.75, 3.05) is 6.54 Å². The number of H-pyrrole nitrogens is 1. The summed E-state index contributed by atoms with van der Waals surface area (Å²) >= 11 is 5.26. The van der Waals surface area contributed by atoms with Crippen LogP contribution in [0.1, 0.15) is 29.3 Å². The maximum atomic E-state index is 14.0. The number of benzene rings is 1. The average Bonchev–Trinajstić information content (AvgIpc) is 3.03. The zero-order chi connectivity index (χ0) is 15.9. The molecule has 1 aromatic heterocycles. The predicted octanol–water partition coefficient (Wildman–Crippen LogP) is 3.62. The van der Waals surface area contributed by atoms with Gasteiger partial charge in [0.2, 0.25) is 0 Å². The standard InChI is InChI=1S/C15H16F3N3S.ClH/c16-9-3-4-10(17)14(18)13(9)8-6-12-11(2-1-5-19)20-15(22)21(12)7-8;/h3-4,8H,1-2,5-7,19H2,(H,20,22);1H/t8-;/m0./s1. The molecule has 0 saturated carbocycles. The summed E-state index contributed by atoms with van der Waals surface area (Å²) in [7, 11) is 0. The van der Waals surface area contributed by atoms with Gasteiger partial charge in [0.15, 0.2) is 16.4 Å². The molecule has 1 aliphatic rings. The van der Waals surface area contributed by atoms with E-state index in [1.807, 2.05) is 4.57 Å². The molecule has 0 bridgehead atoms. The fraction of sp³-hybridized carbons (Fsp3) is 0.400. The van der Waals surface area contributed by atoms with Crippen molar-refractivity contribution in [2.24, 2.45) is 5.73 Å². The summed E-state index contributed by atoms with van der Waals surface area (Å²) < 4.78 is 43.7. The molecular formula is C15H17ClF3N3S. The van der Waals surface area contributed by atoms with Crippen LogP contribution in [0, 0.1) is 22.2 Å². The SMILES string of the molecule is Cl.NCCCc1[nH]c(=S)n2c1C[C@H](c1c(F)ccc(F)c1F)C2. The van der Waals surface area contributed by atoms with Crippen LogP contribution in [0.15, 0.2) is 12.1 Å². The number of halogens is 4. The largest absolute Gasteiger partial charge is 0.334 e. The molecule has 2 aromatic rings. The Balaban J connectivity index is 0.00000192. The highest BCUT2D eigenvalue weighted by atomic mass is 35.5. The third-order valence-electron chi connectivity index (χ3n) is 4.14. The lowest BCUT2D eigenvalue weighted by atomic mass is 9.95. The molecule has 23 heavy (non-hydrogen) atoms. The Morgan fingerprint density at radius 2 is 1.96 bits per heavy atom. The second-order valence-corrected chi connectivity index (χ2v) is 5.90. The third-order valence-corrected chi connectivity index (χ3v) is 4.46. The number of hydrogen-bond acceptors (Lipinski definition) is 2. The van der Waals surface area contributed by atoms with Crippen LogP contribution in [0.25, 0.3) is 0 Å². The molecule has 0 saturated heterocycles. The van der Waals surface area contributed by atoms with E-state index in [0.29, 0.717) is 24.3 Å². The summed E-state index contributed by atoms with van der Waals surface area (Å²) in [4.78, 5) is 3.12. The Kier molecular flexibility index (Phi) is 5.54. The molecule has 0 aliphatic carbocycles. The van der Waals surface area contributed by atoms with Gasteiger partial charge >= 0.3 is 0 Å². The van der Waals surface area contributed by atoms with Crippen molar-refractivity contribution in [3.63, 3.8) is 0 Å². The van der Waals surface area contributed by atoms with Gasteiger partial charge in [-0.05, 0) is 50.2 Å². The maximum Gasteiger partial charge on any atom is 0.177 e. The highest BCUT2D eigenvalue weighted by molar-refractivity contribution is 7.71. The second kappa shape index (κ2) is 7.07. The van der Waals surface area contributed by atoms with Crippen molar-refractivity contribution < 1.29 is 13.2 Å². The van der Waals surface area contributed by atoms with Gasteiger partial charge in [-0.25, -0.2) is 13.2 Å². The Morgan fingerprint density at radius 1 is 1.26 bits per heavy atom. The lowest BCUT2D eigenvalue weighted by Crippen LogP contribution is -2.09. The first-order valence-corrected chi connectivity index (χ1v) is 7.57. The number of nitrogens with zero attached hydrogens (tertiary/aromatic N) is 1. The molecule has 8 heteroatoms. The summed E-state index contributed by atoms with van der Waals surface area (Å²) in [6, 6.07) is 1.78. The molecule has 1 aliphatic heterocycles. The number of aromatic nitrogens is 2. The molecule has 0 unspecified atom stereocenters. The van der Waals surface area contributed by atoms with Crippen LogP contribution in [0.2, 0.25) is 0 Å². The van der Waals surface area contributed by atoms with Gasteiger partial charge in [0.1, 0.15) is 5.82 Å². The summed E-state index contributed by atoms with van der Waals surface area (Å²) in [5.41, 5.74) is 7.21. The van der Waals surface area contributed by atoms with Crippen LogP contribution in [0.5, 0.6) is 0 Å². The van der Waals surface area contributed by atoms with Crippen LogP contribution in [-0.4, -0.2) is 16.1 Å². The van der Waals surface area contributed by atoms with Gasteiger partial charge in [0.05, 0.1) is 0 Å². The summed E-state index contributed by atoms with van der Waals surface area (Å²) in [5, 5.41) is 0. The van der Waals surface area contributed by atoms with E-state index in [4.69, 9.17) is 18.0 Å². The van der Waals surface area contributed by atoms with Crippen molar-refractivity contribution in [1.82, 2.24) is 9.55 Å². The van der Waals surface area contributed by atoms with Crippen molar-refractivity contribution in [3.05, 3.63) is 51.3 Å². The smallest absolute Gasteiger partial charge is 0.177 e. The second-order valence-electron chi connectivity index (χ2n) is 5.52. The molecule has 3 N–H and O–H groups in total. The Bertz CT molecular complexity index is 772. The highest BCUT2D eigenvalue weighted by Gasteiger charge is 2.31. The van der Waals surface area contributed by atoms with Gasteiger partial charge in [-0.2, -0.15) is 0 Å². The number of nitrogens with one attached hydrogen (secondary N) is 1. The van der Waals surface area contributed by atoms with E-state index in [9.17, 15) is 13.2 Å². The van der Waals surface area contributed by atoms with Crippen LogP contribution in [0.3, 0.4) is 0 Å². The molecule has 0 radical (unpaired) electrons. The van der Waals surface area contributed by atoms with E-state index in [1.54, 1.807) is 0 Å². The summed E-state index contributed by atoms with van der Waals surface area (Å²) in [5.74, 6) is -3.29. The minimum absolute atomic E-state index is 0. The molecule has 0 spiro atoms. The van der Waals surface area contributed by atoms with E-state index < -0.39 is 23.4 Å². The van der Waals surface area contributed by atoms with Crippen molar-refractivity contribution in [2.45, 2.75) is 31.7 Å². The molecule has 1 atom stereocenters. The van der Waals surface area contributed by atoms with Gasteiger partial charge in [0.25, 0.3) is 0 Å². The first-order valence-electron chi connectivity index (χ1n) is 7.17. The number of aryl methyl sites for hydroxylation is 1. The van der Waals surface area contributed by atoms with Crippen molar-refractivity contribution in [3.8, 4) is 0 Å².